The smallest absolute Gasteiger partial charge is 0.123 e. The molecule has 0 bridgehead atoms. The largest absolute Gasteiger partial charge is 0.493 e. The second-order valence-electron chi connectivity index (χ2n) is 24.3. The number of rotatable bonds is 61. The zero-order chi connectivity index (χ0) is 66.1. The van der Waals surface area contributed by atoms with Crippen molar-refractivity contribution in [3.63, 3.8) is 0 Å². The minimum absolute atomic E-state index is 0.303. The number of methoxy groups -OCH3 is 3. The van der Waals surface area contributed by atoms with Crippen LogP contribution < -0.4 is 10.5 Å². The molecule has 522 valence electrons. The van der Waals surface area contributed by atoms with Gasteiger partial charge in [0.15, 0.2) is 0 Å². The molecule has 3 rings (SSSR count). The molecule has 3 aromatic rings. The number of benzene rings is 3. The Bertz CT molecular complexity index is 2140. The quantitative estimate of drug-likeness (QED) is 0.0316. The van der Waals surface area contributed by atoms with E-state index in [1.807, 2.05) is 6.08 Å². The van der Waals surface area contributed by atoms with Crippen LogP contribution in [0, 0.1) is 19.3 Å². The Kier molecular flexibility index (Phi) is 61.0. The van der Waals surface area contributed by atoms with Crippen molar-refractivity contribution in [3.05, 3.63) is 111 Å². The monoisotopic (exact) mass is 1270 g/mol. The molecule has 0 unspecified atom stereocenters. The topological polar surface area (TPSA) is 139 Å². The first-order valence-electron chi connectivity index (χ1n) is 36.0. The summed E-state index contributed by atoms with van der Waals surface area (Å²) in [4.78, 5) is 0. The lowest BCUT2D eigenvalue weighted by Gasteiger charge is -2.19. The molecular weight excluding hydrogens is 1140 g/mol. The molecule has 0 aliphatic heterocycles. The summed E-state index contributed by atoms with van der Waals surface area (Å²) in [5.41, 5.74) is 19.9. The van der Waals surface area contributed by atoms with E-state index in [1.54, 1.807) is 28.4 Å². The van der Waals surface area contributed by atoms with E-state index in [2.05, 4.69) is 80.5 Å². The first kappa shape index (κ1) is 85.3. The van der Waals surface area contributed by atoms with E-state index in [-0.39, 0.29) is 0 Å². The Morgan fingerprint density at radius 3 is 1.43 bits per heavy atom. The van der Waals surface area contributed by atoms with Gasteiger partial charge in [0.05, 0.1) is 33.0 Å². The average Bonchev–Trinajstić information content (AvgIpc) is 3.23. The third-order valence-electron chi connectivity index (χ3n) is 15.9. The van der Waals surface area contributed by atoms with Crippen molar-refractivity contribution < 1.29 is 52.5 Å². The van der Waals surface area contributed by atoms with Gasteiger partial charge in [-0.25, -0.2) is 0 Å². The number of terminal acetylenes is 1. The summed E-state index contributed by atoms with van der Waals surface area (Å²) in [5, 5.41) is 9.07. The Labute approximate surface area is 557 Å². The first-order chi connectivity index (χ1) is 44.8. The van der Waals surface area contributed by atoms with E-state index in [0.29, 0.717) is 39.6 Å². The maximum Gasteiger partial charge on any atom is 0.123 e. The number of aryl methyl sites for hydroxylation is 6. The third-order valence-corrected chi connectivity index (χ3v) is 15.9. The highest BCUT2D eigenvalue weighted by molar-refractivity contribution is 5.45. The average molecular weight is 1270 g/mol. The Morgan fingerprint density at radius 1 is 0.418 bits per heavy atom. The molecule has 0 saturated heterocycles. The summed E-state index contributed by atoms with van der Waals surface area (Å²) in [6, 6.07) is 16.4. The predicted molar refractivity (Wildman–Crippen MR) is 382 cm³/mol. The van der Waals surface area contributed by atoms with Crippen molar-refractivity contribution in [2.45, 2.75) is 239 Å². The summed E-state index contributed by atoms with van der Waals surface area (Å²) in [5.74, 6) is 3.81. The minimum atomic E-state index is 0.303. The molecule has 0 fully saturated rings. The van der Waals surface area contributed by atoms with Gasteiger partial charge in [-0.05, 0) is 217 Å². The van der Waals surface area contributed by atoms with Gasteiger partial charge in [0.1, 0.15) is 5.75 Å². The van der Waals surface area contributed by atoms with Crippen molar-refractivity contribution in [2.75, 3.05) is 134 Å². The molecule has 0 atom stereocenters. The molecule has 12 heteroatoms. The van der Waals surface area contributed by atoms with Crippen molar-refractivity contribution in [2.24, 2.45) is 5.73 Å². The van der Waals surface area contributed by atoms with Gasteiger partial charge in [0.2, 0.25) is 0 Å². The van der Waals surface area contributed by atoms with Crippen LogP contribution in [0.2, 0.25) is 0 Å². The SMILES string of the molecule is C#CCCCCOCCCc1cc(CC=C)cc(CCCOCCOCCC)c1CCCOCCCCCOC.CCCCOCCCCCCc1cc(CCc2cc(C)cc(CN)c2)cc(OCCCCCCCCO)c1CCCCCOCCOC.COC. The maximum atomic E-state index is 9.07. The molecule has 0 spiro atoms. The number of ether oxygens (including phenoxy) is 10. The third kappa shape index (κ3) is 48.6. The zero-order valence-electron chi connectivity index (χ0n) is 59.4. The van der Waals surface area contributed by atoms with Crippen LogP contribution in [-0.2, 0) is 101 Å². The van der Waals surface area contributed by atoms with Gasteiger partial charge in [-0.2, -0.15) is 0 Å². The maximum absolute atomic E-state index is 9.07. The first-order valence-corrected chi connectivity index (χ1v) is 36.0. The number of aliphatic hydroxyl groups is 1. The van der Waals surface area contributed by atoms with E-state index in [1.165, 1.54) is 101 Å². The van der Waals surface area contributed by atoms with Gasteiger partial charge in [-0.15, -0.1) is 18.9 Å². The fourth-order valence-corrected chi connectivity index (χ4v) is 11.0. The second kappa shape index (κ2) is 65.0. The molecule has 3 aromatic carbocycles. The van der Waals surface area contributed by atoms with Crippen LogP contribution in [0.25, 0.3) is 0 Å². The number of nitrogens with two attached hydrogens (primary N) is 1. The van der Waals surface area contributed by atoms with E-state index in [9.17, 15) is 0 Å². The van der Waals surface area contributed by atoms with Crippen LogP contribution in [0.15, 0.2) is 55.1 Å². The van der Waals surface area contributed by atoms with E-state index in [4.69, 9.17) is 59.9 Å². The lowest BCUT2D eigenvalue weighted by Crippen LogP contribution is -2.09. The van der Waals surface area contributed by atoms with E-state index in [0.717, 1.165) is 245 Å². The standard InChI is InChI=1S/C42H71NO5.C35H58O5.C2H6O/c1-4-5-24-46-25-16-11-8-13-19-40-33-38(22-21-37-30-36(2)31-39(32-37)35-43)34-42(48-27-18-10-7-6-9-15-23-44)41(40)20-14-12-17-26-47-29-28-45-3;1-5-8-9-12-23-38-25-14-18-33-30-32(17-6-2)31-34(19-15-26-40-29-28-37-21-7-3)35(33)20-16-27-39-24-13-10-11-22-36-4;1-3-2/h30-34,44H,4-29,35,43H2,1-3H3;1,6,30-31H,2,7-29H2,3-4H3;1-2H3. The van der Waals surface area contributed by atoms with Crippen LogP contribution >= 0.6 is 0 Å². The normalized spacial score (nSPS) is 11.1. The van der Waals surface area contributed by atoms with Gasteiger partial charge >= 0.3 is 0 Å². The van der Waals surface area contributed by atoms with Gasteiger partial charge in [0, 0.05) is 114 Å². The van der Waals surface area contributed by atoms with Gasteiger partial charge in [0.25, 0.3) is 0 Å². The fraction of sp³-hybridized carbons (Fsp3) is 0.722. The lowest BCUT2D eigenvalue weighted by atomic mass is 9.89. The number of hydrogen-bond acceptors (Lipinski definition) is 12. The molecule has 0 amide bonds. The molecule has 0 aliphatic carbocycles. The molecule has 0 radical (unpaired) electrons. The van der Waals surface area contributed by atoms with Crippen molar-refractivity contribution in [3.8, 4) is 18.1 Å². The molecular formula is C79H135NO11. The summed E-state index contributed by atoms with van der Waals surface area (Å²) < 4.78 is 55.9. The highest BCUT2D eigenvalue weighted by atomic mass is 16.5. The van der Waals surface area contributed by atoms with Crippen molar-refractivity contribution in [1.29, 1.82) is 0 Å². The molecule has 0 aromatic heterocycles. The second-order valence-corrected chi connectivity index (χ2v) is 24.3. The number of unbranched alkanes of at least 4 members (excludes halogenated alkanes) is 15. The molecule has 91 heavy (non-hydrogen) atoms. The van der Waals surface area contributed by atoms with Gasteiger partial charge in [-0.1, -0.05) is 113 Å². The fourth-order valence-electron chi connectivity index (χ4n) is 11.0. The number of hydrogen-bond donors (Lipinski definition) is 2. The summed E-state index contributed by atoms with van der Waals surface area (Å²) in [7, 11) is 6.73. The predicted octanol–water partition coefficient (Wildman–Crippen LogP) is 16.8. The van der Waals surface area contributed by atoms with Crippen molar-refractivity contribution in [1.82, 2.24) is 0 Å². The molecule has 0 heterocycles. The molecule has 3 N–H and O–H groups in total. The van der Waals surface area contributed by atoms with Gasteiger partial charge in [-0.3, -0.25) is 0 Å². The van der Waals surface area contributed by atoms with Crippen LogP contribution in [0.3, 0.4) is 0 Å². The molecule has 0 saturated carbocycles. The van der Waals surface area contributed by atoms with Gasteiger partial charge < -0.3 is 58.2 Å². The molecule has 12 nitrogen and oxygen atoms in total. The highest BCUT2D eigenvalue weighted by Gasteiger charge is 2.15. The van der Waals surface area contributed by atoms with Crippen molar-refractivity contribution >= 4 is 0 Å². The zero-order valence-corrected chi connectivity index (χ0v) is 59.4. The number of allylic oxidation sites excluding steroid dienone is 1. The van der Waals surface area contributed by atoms with E-state index >= 15 is 0 Å². The van der Waals surface area contributed by atoms with Crippen LogP contribution in [0.5, 0.6) is 5.75 Å². The highest BCUT2D eigenvalue weighted by Crippen LogP contribution is 2.31. The van der Waals surface area contributed by atoms with Crippen LogP contribution in [0.1, 0.15) is 230 Å². The summed E-state index contributed by atoms with van der Waals surface area (Å²) >= 11 is 0. The lowest BCUT2D eigenvalue weighted by molar-refractivity contribution is 0.0472. The summed E-state index contributed by atoms with van der Waals surface area (Å²) in [6.45, 7) is 23.0. The minimum Gasteiger partial charge on any atom is -0.493 e. The van der Waals surface area contributed by atoms with E-state index < -0.39 is 0 Å². The summed E-state index contributed by atoms with van der Waals surface area (Å²) in [6.07, 6.45) is 43.1. The Morgan fingerprint density at radius 2 is 0.846 bits per heavy atom. The van der Waals surface area contributed by atoms with Crippen LogP contribution in [-0.4, -0.2) is 139 Å². The Balaban J connectivity index is 0.000000886. The van der Waals surface area contributed by atoms with Crippen LogP contribution in [0.4, 0.5) is 0 Å². The Hall–Kier alpha value is -3.68. The molecule has 0 aliphatic rings. The number of aliphatic hydroxyl groups excluding tert-OH is 1.